The third-order valence-corrected chi connectivity index (χ3v) is 4.02. The van der Waals surface area contributed by atoms with Gasteiger partial charge in [0.1, 0.15) is 6.07 Å². The van der Waals surface area contributed by atoms with Gasteiger partial charge in [0.2, 0.25) is 5.91 Å². The first-order valence-electron chi connectivity index (χ1n) is 8.91. The maximum atomic E-state index is 12.5. The zero-order valence-corrected chi connectivity index (χ0v) is 16.0. The van der Waals surface area contributed by atoms with Gasteiger partial charge in [0.25, 0.3) is 11.8 Å². The van der Waals surface area contributed by atoms with Gasteiger partial charge in [0.15, 0.2) is 0 Å². The number of rotatable bonds is 5. The van der Waals surface area contributed by atoms with Crippen LogP contribution in [0.15, 0.2) is 67.0 Å². The smallest absolute Gasteiger partial charge is 0.257 e. The van der Waals surface area contributed by atoms with Gasteiger partial charge in [0, 0.05) is 30.7 Å². The van der Waals surface area contributed by atoms with Gasteiger partial charge in [-0.2, -0.15) is 5.26 Å². The number of hydrogen-bond acceptors (Lipinski definition) is 5. The number of amides is 3. The SMILES string of the molecule is CC(=O)Nc1ccc(NC(=O)c2cncc(C(=O)Nc3ccccc3C#N)c2)cc1. The fourth-order valence-corrected chi connectivity index (χ4v) is 2.62. The molecular weight excluding hydrogens is 382 g/mol. The molecule has 1 heterocycles. The van der Waals surface area contributed by atoms with E-state index in [1.165, 1.54) is 25.4 Å². The van der Waals surface area contributed by atoms with Crippen LogP contribution >= 0.6 is 0 Å². The zero-order chi connectivity index (χ0) is 21.5. The first kappa shape index (κ1) is 20.2. The number of nitrogens with one attached hydrogen (secondary N) is 3. The molecule has 3 aromatic rings. The van der Waals surface area contributed by atoms with Gasteiger partial charge >= 0.3 is 0 Å². The fourth-order valence-electron chi connectivity index (χ4n) is 2.62. The van der Waals surface area contributed by atoms with E-state index in [0.717, 1.165) is 0 Å². The van der Waals surface area contributed by atoms with Crippen molar-refractivity contribution in [2.24, 2.45) is 0 Å². The molecule has 0 saturated carbocycles. The molecule has 2 aromatic carbocycles. The van der Waals surface area contributed by atoms with Crippen molar-refractivity contribution in [3.8, 4) is 6.07 Å². The van der Waals surface area contributed by atoms with Crippen LogP contribution in [-0.4, -0.2) is 22.7 Å². The molecule has 0 aliphatic carbocycles. The van der Waals surface area contributed by atoms with Crippen LogP contribution in [-0.2, 0) is 4.79 Å². The summed E-state index contributed by atoms with van der Waals surface area (Å²) in [5.74, 6) is -1.12. The van der Waals surface area contributed by atoms with E-state index in [0.29, 0.717) is 22.6 Å². The number of carbonyl (C=O) groups is 3. The lowest BCUT2D eigenvalue weighted by molar-refractivity contribution is -0.114. The molecule has 0 fully saturated rings. The Hall–Kier alpha value is -4.51. The summed E-state index contributed by atoms with van der Waals surface area (Å²) in [6, 6.07) is 16.6. The molecule has 8 heteroatoms. The van der Waals surface area contributed by atoms with Gasteiger partial charge in [-0.25, -0.2) is 0 Å². The van der Waals surface area contributed by atoms with Crippen molar-refractivity contribution in [3.05, 3.63) is 83.7 Å². The zero-order valence-electron chi connectivity index (χ0n) is 16.0. The van der Waals surface area contributed by atoms with Crippen molar-refractivity contribution in [1.82, 2.24) is 4.98 Å². The summed E-state index contributed by atoms with van der Waals surface area (Å²) < 4.78 is 0. The van der Waals surface area contributed by atoms with E-state index in [2.05, 4.69) is 20.9 Å². The van der Waals surface area contributed by atoms with E-state index < -0.39 is 11.8 Å². The molecular formula is C22H17N5O3. The van der Waals surface area contributed by atoms with Gasteiger partial charge in [-0.3, -0.25) is 19.4 Å². The van der Waals surface area contributed by atoms with Crippen molar-refractivity contribution in [2.45, 2.75) is 6.92 Å². The van der Waals surface area contributed by atoms with Crippen LogP contribution in [0.1, 0.15) is 33.2 Å². The highest BCUT2D eigenvalue weighted by atomic mass is 16.2. The Balaban J connectivity index is 1.71. The molecule has 30 heavy (non-hydrogen) atoms. The normalized spacial score (nSPS) is 9.87. The van der Waals surface area contributed by atoms with E-state index in [-0.39, 0.29) is 17.0 Å². The predicted octanol–water partition coefficient (Wildman–Crippen LogP) is 3.42. The van der Waals surface area contributed by atoms with Crippen molar-refractivity contribution in [2.75, 3.05) is 16.0 Å². The van der Waals surface area contributed by atoms with Crippen molar-refractivity contribution in [3.63, 3.8) is 0 Å². The van der Waals surface area contributed by atoms with Gasteiger partial charge in [0.05, 0.1) is 22.4 Å². The van der Waals surface area contributed by atoms with Gasteiger partial charge < -0.3 is 16.0 Å². The average molecular weight is 399 g/mol. The highest BCUT2D eigenvalue weighted by Gasteiger charge is 2.13. The second-order valence-corrected chi connectivity index (χ2v) is 6.29. The highest BCUT2D eigenvalue weighted by molar-refractivity contribution is 6.08. The van der Waals surface area contributed by atoms with Gasteiger partial charge in [-0.15, -0.1) is 0 Å². The Morgan fingerprint density at radius 1 is 0.833 bits per heavy atom. The van der Waals surface area contributed by atoms with Gasteiger partial charge in [-0.1, -0.05) is 12.1 Å². The van der Waals surface area contributed by atoms with Crippen LogP contribution in [0.2, 0.25) is 0 Å². The summed E-state index contributed by atoms with van der Waals surface area (Å²) in [5, 5.41) is 17.1. The fraction of sp³-hybridized carbons (Fsp3) is 0.0455. The summed E-state index contributed by atoms with van der Waals surface area (Å²) in [6.45, 7) is 1.41. The molecule has 148 valence electrons. The van der Waals surface area contributed by atoms with E-state index in [1.54, 1.807) is 48.5 Å². The highest BCUT2D eigenvalue weighted by Crippen LogP contribution is 2.17. The first-order chi connectivity index (χ1) is 14.5. The summed E-state index contributed by atoms with van der Waals surface area (Å²) in [5.41, 5.74) is 2.21. The molecule has 0 spiro atoms. The van der Waals surface area contributed by atoms with Crippen LogP contribution in [0.3, 0.4) is 0 Å². The molecule has 0 aliphatic rings. The van der Waals surface area contributed by atoms with E-state index >= 15 is 0 Å². The van der Waals surface area contributed by atoms with Crippen LogP contribution in [0, 0.1) is 11.3 Å². The number of anilines is 3. The second-order valence-electron chi connectivity index (χ2n) is 6.29. The van der Waals surface area contributed by atoms with Crippen molar-refractivity contribution < 1.29 is 14.4 Å². The maximum Gasteiger partial charge on any atom is 0.257 e. The van der Waals surface area contributed by atoms with E-state index in [9.17, 15) is 14.4 Å². The topological polar surface area (TPSA) is 124 Å². The number of nitrogens with zero attached hydrogens (tertiary/aromatic N) is 2. The number of pyridine rings is 1. The molecule has 3 amide bonds. The Bertz CT molecular complexity index is 1150. The minimum absolute atomic E-state index is 0.177. The number of nitriles is 1. The minimum Gasteiger partial charge on any atom is -0.326 e. The summed E-state index contributed by atoms with van der Waals surface area (Å²) in [4.78, 5) is 40.1. The predicted molar refractivity (Wildman–Crippen MR) is 112 cm³/mol. The van der Waals surface area contributed by atoms with Crippen LogP contribution in [0.4, 0.5) is 17.1 Å². The lowest BCUT2D eigenvalue weighted by atomic mass is 10.1. The molecule has 8 nitrogen and oxygen atoms in total. The minimum atomic E-state index is -0.487. The number of para-hydroxylation sites is 1. The lowest BCUT2D eigenvalue weighted by Crippen LogP contribution is -2.16. The Labute approximate surface area is 172 Å². The average Bonchev–Trinajstić information content (AvgIpc) is 2.75. The summed E-state index contributed by atoms with van der Waals surface area (Å²) in [6.07, 6.45) is 2.68. The van der Waals surface area contributed by atoms with Crippen LogP contribution < -0.4 is 16.0 Å². The Kier molecular flexibility index (Phi) is 6.15. The molecule has 0 bridgehead atoms. The van der Waals surface area contributed by atoms with E-state index in [4.69, 9.17) is 5.26 Å². The van der Waals surface area contributed by atoms with Crippen LogP contribution in [0.5, 0.6) is 0 Å². The maximum absolute atomic E-state index is 12.5. The molecule has 0 radical (unpaired) electrons. The standard InChI is InChI=1S/C22H17N5O3/c1-14(28)25-18-6-8-19(9-7-18)26-21(29)16-10-17(13-24-12-16)22(30)27-20-5-3-2-4-15(20)11-23/h2-10,12-13H,1H3,(H,25,28)(H,26,29)(H,27,30). The number of carbonyl (C=O) groups excluding carboxylic acids is 3. The first-order valence-corrected chi connectivity index (χ1v) is 8.91. The third-order valence-electron chi connectivity index (χ3n) is 4.02. The second kappa shape index (κ2) is 9.12. The van der Waals surface area contributed by atoms with Crippen molar-refractivity contribution in [1.29, 1.82) is 5.26 Å². The molecule has 0 unspecified atom stereocenters. The number of hydrogen-bond donors (Lipinski definition) is 3. The quantitative estimate of drug-likeness (QED) is 0.606. The molecule has 0 saturated heterocycles. The van der Waals surface area contributed by atoms with Crippen molar-refractivity contribution >= 4 is 34.8 Å². The number of aromatic nitrogens is 1. The molecule has 0 aliphatic heterocycles. The summed E-state index contributed by atoms with van der Waals surface area (Å²) >= 11 is 0. The third kappa shape index (κ3) is 5.05. The lowest BCUT2D eigenvalue weighted by Gasteiger charge is -2.09. The molecule has 3 rings (SSSR count). The number of benzene rings is 2. The summed E-state index contributed by atoms with van der Waals surface area (Å²) in [7, 11) is 0. The largest absolute Gasteiger partial charge is 0.326 e. The molecule has 3 N–H and O–H groups in total. The molecule has 0 atom stereocenters. The van der Waals surface area contributed by atoms with Gasteiger partial charge in [-0.05, 0) is 42.5 Å². The van der Waals surface area contributed by atoms with Crippen LogP contribution in [0.25, 0.3) is 0 Å². The monoisotopic (exact) mass is 399 g/mol. The Morgan fingerprint density at radius 3 is 2.00 bits per heavy atom. The molecule has 1 aromatic heterocycles. The Morgan fingerprint density at radius 2 is 1.40 bits per heavy atom. The van der Waals surface area contributed by atoms with E-state index in [1.807, 2.05) is 6.07 Å².